The maximum absolute atomic E-state index is 11.9. The minimum absolute atomic E-state index is 0.149. The number of benzene rings is 1. The van der Waals surface area contributed by atoms with Crippen molar-refractivity contribution in [1.29, 1.82) is 0 Å². The molecule has 0 fully saturated rings. The highest BCUT2D eigenvalue weighted by Crippen LogP contribution is 2.33. The molecule has 1 aromatic carbocycles. The molecular formula is C15H19NO3S. The fourth-order valence-electron chi connectivity index (χ4n) is 2.05. The first-order chi connectivity index (χ1) is 9.56. The Morgan fingerprint density at radius 1 is 1.25 bits per heavy atom. The Morgan fingerprint density at radius 2 is 2.00 bits per heavy atom. The molecule has 0 saturated carbocycles. The number of rotatable bonds is 4. The van der Waals surface area contributed by atoms with Crippen LogP contribution in [-0.4, -0.2) is 25.4 Å². The summed E-state index contributed by atoms with van der Waals surface area (Å²) in [7, 11) is 3.25. The molecule has 108 valence electrons. The molecule has 20 heavy (non-hydrogen) atoms. The standard InChI is InChI=1S/C15H19NO3S/c1-9(2)14-15(17)20-8-12(16-14)11-6-5-10(18-3)7-13(11)19-4/h5-9,14,16H,1-4H3. The third-order valence-corrected chi connectivity index (χ3v) is 4.06. The number of hydrogen-bond acceptors (Lipinski definition) is 5. The van der Waals surface area contributed by atoms with E-state index in [0.29, 0.717) is 0 Å². The van der Waals surface area contributed by atoms with Crippen LogP contribution in [0.5, 0.6) is 11.5 Å². The van der Waals surface area contributed by atoms with Gasteiger partial charge in [0.25, 0.3) is 0 Å². The van der Waals surface area contributed by atoms with E-state index in [4.69, 9.17) is 9.47 Å². The zero-order valence-corrected chi connectivity index (χ0v) is 12.9. The van der Waals surface area contributed by atoms with Crippen LogP contribution in [0.2, 0.25) is 0 Å². The summed E-state index contributed by atoms with van der Waals surface area (Å²) in [6.07, 6.45) is 0. The number of ether oxygens (including phenoxy) is 2. The lowest BCUT2D eigenvalue weighted by atomic mass is 10.0. The quantitative estimate of drug-likeness (QED) is 0.925. The summed E-state index contributed by atoms with van der Waals surface area (Å²) in [5, 5.41) is 5.29. The number of carbonyl (C=O) groups excluding carboxylic acids is 1. The summed E-state index contributed by atoms with van der Waals surface area (Å²) < 4.78 is 10.6. The molecule has 0 aromatic heterocycles. The van der Waals surface area contributed by atoms with E-state index >= 15 is 0 Å². The lowest BCUT2D eigenvalue weighted by molar-refractivity contribution is -0.113. The van der Waals surface area contributed by atoms with Crippen molar-refractivity contribution in [2.75, 3.05) is 14.2 Å². The van der Waals surface area contributed by atoms with Crippen LogP contribution in [0.25, 0.3) is 5.70 Å². The normalized spacial score (nSPS) is 18.6. The first kappa shape index (κ1) is 14.8. The summed E-state index contributed by atoms with van der Waals surface area (Å²) in [4.78, 5) is 11.9. The van der Waals surface area contributed by atoms with E-state index < -0.39 is 0 Å². The highest BCUT2D eigenvalue weighted by molar-refractivity contribution is 8.16. The number of hydrogen-bond donors (Lipinski definition) is 1. The molecule has 1 aliphatic heterocycles. The number of carbonyl (C=O) groups is 1. The second-order valence-electron chi connectivity index (χ2n) is 4.90. The van der Waals surface area contributed by atoms with Gasteiger partial charge in [-0.05, 0) is 18.1 Å². The number of methoxy groups -OCH3 is 2. The maximum atomic E-state index is 11.9. The Labute approximate surface area is 123 Å². The fourth-order valence-corrected chi connectivity index (χ4v) is 2.96. The molecule has 1 aromatic rings. The molecule has 0 aliphatic carbocycles. The first-order valence-corrected chi connectivity index (χ1v) is 7.34. The molecule has 0 radical (unpaired) electrons. The highest BCUT2D eigenvalue weighted by atomic mass is 32.2. The number of thioether (sulfide) groups is 1. The van der Waals surface area contributed by atoms with Crippen molar-refractivity contribution in [3.8, 4) is 11.5 Å². The van der Waals surface area contributed by atoms with Crippen LogP contribution in [0.1, 0.15) is 19.4 Å². The largest absolute Gasteiger partial charge is 0.497 e. The molecule has 1 atom stereocenters. The van der Waals surface area contributed by atoms with Crippen molar-refractivity contribution < 1.29 is 14.3 Å². The van der Waals surface area contributed by atoms with E-state index in [2.05, 4.69) is 5.32 Å². The minimum atomic E-state index is -0.174. The van der Waals surface area contributed by atoms with Gasteiger partial charge in [0.1, 0.15) is 11.5 Å². The lowest BCUT2D eigenvalue weighted by Crippen LogP contribution is -2.40. The Kier molecular flexibility index (Phi) is 4.60. The van der Waals surface area contributed by atoms with E-state index in [1.54, 1.807) is 14.2 Å². The van der Waals surface area contributed by atoms with Gasteiger partial charge in [-0.15, -0.1) is 0 Å². The van der Waals surface area contributed by atoms with Crippen molar-refractivity contribution in [1.82, 2.24) is 5.32 Å². The Balaban J connectivity index is 2.34. The average Bonchev–Trinajstić information content (AvgIpc) is 2.46. The summed E-state index contributed by atoms with van der Waals surface area (Å²) in [5.74, 6) is 1.70. The average molecular weight is 293 g/mol. The van der Waals surface area contributed by atoms with E-state index in [1.165, 1.54) is 11.8 Å². The molecule has 1 unspecified atom stereocenters. The van der Waals surface area contributed by atoms with Crippen molar-refractivity contribution >= 4 is 22.6 Å². The zero-order chi connectivity index (χ0) is 14.7. The molecule has 4 nitrogen and oxygen atoms in total. The predicted octanol–water partition coefficient (Wildman–Crippen LogP) is 2.89. The van der Waals surface area contributed by atoms with Crippen LogP contribution >= 0.6 is 11.8 Å². The minimum Gasteiger partial charge on any atom is -0.497 e. The van der Waals surface area contributed by atoms with Crippen LogP contribution in [0.15, 0.2) is 23.6 Å². The van der Waals surface area contributed by atoms with E-state index in [-0.39, 0.29) is 17.1 Å². The second-order valence-corrected chi connectivity index (χ2v) is 5.77. The molecule has 5 heteroatoms. The zero-order valence-electron chi connectivity index (χ0n) is 12.1. The van der Waals surface area contributed by atoms with Crippen molar-refractivity contribution in [3.63, 3.8) is 0 Å². The van der Waals surface area contributed by atoms with Gasteiger partial charge in [-0.2, -0.15) is 0 Å². The van der Waals surface area contributed by atoms with Crippen molar-refractivity contribution in [2.45, 2.75) is 19.9 Å². The second kappa shape index (κ2) is 6.22. The van der Waals surface area contributed by atoms with Gasteiger partial charge in [0.15, 0.2) is 0 Å². The Hall–Kier alpha value is -1.62. The van der Waals surface area contributed by atoms with Gasteiger partial charge >= 0.3 is 0 Å². The van der Waals surface area contributed by atoms with Gasteiger partial charge in [0, 0.05) is 17.0 Å². The molecule has 0 saturated heterocycles. The van der Waals surface area contributed by atoms with Crippen LogP contribution in [0.4, 0.5) is 0 Å². The highest BCUT2D eigenvalue weighted by Gasteiger charge is 2.27. The topological polar surface area (TPSA) is 47.6 Å². The molecule has 2 rings (SSSR count). The van der Waals surface area contributed by atoms with Crippen LogP contribution in [-0.2, 0) is 4.79 Å². The SMILES string of the molecule is COc1ccc(C2=CSC(=O)C(C(C)C)N2)c(OC)c1. The smallest absolute Gasteiger partial charge is 0.215 e. The molecular weight excluding hydrogens is 274 g/mol. The molecule has 1 aliphatic rings. The molecule has 0 amide bonds. The molecule has 0 bridgehead atoms. The van der Waals surface area contributed by atoms with Gasteiger partial charge in [-0.25, -0.2) is 0 Å². The van der Waals surface area contributed by atoms with Crippen LogP contribution < -0.4 is 14.8 Å². The van der Waals surface area contributed by atoms with Crippen LogP contribution in [0.3, 0.4) is 0 Å². The van der Waals surface area contributed by atoms with E-state index in [9.17, 15) is 4.79 Å². The summed E-state index contributed by atoms with van der Waals surface area (Å²) in [5.41, 5.74) is 1.84. The molecule has 1 heterocycles. The van der Waals surface area contributed by atoms with Crippen molar-refractivity contribution in [2.24, 2.45) is 5.92 Å². The predicted molar refractivity (Wildman–Crippen MR) is 81.9 cm³/mol. The maximum Gasteiger partial charge on any atom is 0.215 e. The first-order valence-electron chi connectivity index (χ1n) is 6.46. The van der Waals surface area contributed by atoms with Crippen LogP contribution in [0, 0.1) is 5.92 Å². The third-order valence-electron chi connectivity index (χ3n) is 3.22. The van der Waals surface area contributed by atoms with Gasteiger partial charge in [-0.3, -0.25) is 4.79 Å². The molecule has 1 N–H and O–H groups in total. The summed E-state index contributed by atoms with van der Waals surface area (Å²) >= 11 is 1.24. The van der Waals surface area contributed by atoms with Gasteiger partial charge in [-0.1, -0.05) is 25.6 Å². The third kappa shape index (κ3) is 2.93. The summed E-state index contributed by atoms with van der Waals surface area (Å²) in [6, 6.07) is 5.48. The van der Waals surface area contributed by atoms with E-state index in [1.807, 2.05) is 37.5 Å². The van der Waals surface area contributed by atoms with E-state index in [0.717, 1.165) is 22.8 Å². The Morgan fingerprint density at radius 3 is 2.60 bits per heavy atom. The van der Waals surface area contributed by atoms with Crippen molar-refractivity contribution in [3.05, 3.63) is 29.2 Å². The van der Waals surface area contributed by atoms with Gasteiger partial charge in [0.2, 0.25) is 5.12 Å². The summed E-state index contributed by atoms with van der Waals surface area (Å²) in [6.45, 7) is 4.06. The Bertz CT molecular complexity index is 540. The van der Waals surface area contributed by atoms with Gasteiger partial charge in [0.05, 0.1) is 26.0 Å². The lowest BCUT2D eigenvalue weighted by Gasteiger charge is -2.27. The molecule has 0 spiro atoms. The fraction of sp³-hybridized carbons (Fsp3) is 0.400. The monoisotopic (exact) mass is 293 g/mol. The van der Waals surface area contributed by atoms with Gasteiger partial charge < -0.3 is 14.8 Å². The number of nitrogens with one attached hydrogen (secondary N) is 1.